The van der Waals surface area contributed by atoms with E-state index >= 15 is 0 Å². The van der Waals surface area contributed by atoms with Crippen molar-refractivity contribution in [2.45, 2.75) is 32.9 Å². The summed E-state index contributed by atoms with van der Waals surface area (Å²) >= 11 is 0. The van der Waals surface area contributed by atoms with Crippen LogP contribution in [0.4, 0.5) is 0 Å². The molecule has 0 saturated heterocycles. The van der Waals surface area contributed by atoms with Gasteiger partial charge in [-0.1, -0.05) is 6.92 Å². The molecule has 0 aliphatic rings. The van der Waals surface area contributed by atoms with Gasteiger partial charge in [-0.3, -0.25) is 5.10 Å². The molecule has 0 spiro atoms. The van der Waals surface area contributed by atoms with E-state index in [-0.39, 0.29) is 0 Å². The van der Waals surface area contributed by atoms with Gasteiger partial charge in [-0.15, -0.1) is 0 Å². The second-order valence-electron chi connectivity index (χ2n) is 6.65. The van der Waals surface area contributed by atoms with Crippen LogP contribution in [-0.4, -0.2) is 26.2 Å². The summed E-state index contributed by atoms with van der Waals surface area (Å²) in [6.07, 6.45) is 2.84. The number of hydrogen-bond donors (Lipinski definition) is 3. The molecule has 2 aromatic heterocycles. The average molecular weight is 361 g/mol. The molecule has 4 aromatic rings. The largest absolute Gasteiger partial charge is 0.457 e. The van der Waals surface area contributed by atoms with Crippen LogP contribution in [0.3, 0.4) is 0 Å². The number of aromatic amines is 2. The highest BCUT2D eigenvalue weighted by molar-refractivity contribution is 5.77. The third-order valence-corrected chi connectivity index (χ3v) is 4.64. The molecular formula is C21H23N5O. The van der Waals surface area contributed by atoms with Gasteiger partial charge in [-0.2, -0.15) is 5.10 Å². The number of benzene rings is 2. The average Bonchev–Trinajstić information content (AvgIpc) is 3.36. The second kappa shape index (κ2) is 7.63. The predicted octanol–water partition coefficient (Wildman–Crippen LogP) is 4.63. The number of fused-ring (bicyclic) bond motifs is 1. The minimum atomic E-state index is 0.474. The van der Waals surface area contributed by atoms with Crippen LogP contribution in [0, 0.1) is 0 Å². The fourth-order valence-electron chi connectivity index (χ4n) is 2.86. The van der Waals surface area contributed by atoms with Gasteiger partial charge in [0.2, 0.25) is 0 Å². The van der Waals surface area contributed by atoms with Gasteiger partial charge in [0.25, 0.3) is 0 Å². The topological polar surface area (TPSA) is 78.6 Å². The van der Waals surface area contributed by atoms with Gasteiger partial charge >= 0.3 is 0 Å². The lowest BCUT2D eigenvalue weighted by Crippen LogP contribution is -2.24. The molecule has 6 nitrogen and oxygen atoms in total. The Morgan fingerprint density at radius 1 is 1.07 bits per heavy atom. The van der Waals surface area contributed by atoms with E-state index in [4.69, 9.17) is 4.74 Å². The van der Waals surface area contributed by atoms with Crippen LogP contribution in [0.15, 0.2) is 54.7 Å². The van der Waals surface area contributed by atoms with Crippen molar-refractivity contribution in [2.24, 2.45) is 0 Å². The van der Waals surface area contributed by atoms with E-state index in [1.165, 1.54) is 0 Å². The molecule has 3 N–H and O–H groups in total. The van der Waals surface area contributed by atoms with Gasteiger partial charge in [0, 0.05) is 18.3 Å². The smallest absolute Gasteiger partial charge is 0.129 e. The Balaban J connectivity index is 1.47. The zero-order chi connectivity index (χ0) is 18.6. The second-order valence-corrected chi connectivity index (χ2v) is 6.65. The van der Waals surface area contributed by atoms with Crippen molar-refractivity contribution in [3.8, 4) is 22.8 Å². The number of nitrogens with one attached hydrogen (secondary N) is 3. The Bertz CT molecular complexity index is 1000. The number of imidazole rings is 1. The molecule has 0 aliphatic heterocycles. The standard InChI is InChI=1S/C21H23N5O/c1-3-14(2)22-13-21-24-19-9-8-17(12-20(19)25-21)27-16-6-4-15(5-7-16)18-10-11-23-26-18/h4-12,14,22H,3,13H2,1-2H3,(H,23,26)(H,24,25). The third kappa shape index (κ3) is 4.01. The van der Waals surface area contributed by atoms with Gasteiger partial charge in [-0.05, 0) is 61.4 Å². The summed E-state index contributed by atoms with van der Waals surface area (Å²) in [7, 11) is 0. The lowest BCUT2D eigenvalue weighted by Gasteiger charge is -2.08. The quantitative estimate of drug-likeness (QED) is 0.448. The van der Waals surface area contributed by atoms with Gasteiger partial charge in [0.1, 0.15) is 17.3 Å². The molecule has 138 valence electrons. The zero-order valence-electron chi connectivity index (χ0n) is 15.5. The first-order valence-electron chi connectivity index (χ1n) is 9.21. The minimum Gasteiger partial charge on any atom is -0.457 e. The molecule has 0 fully saturated rings. The molecule has 0 aliphatic carbocycles. The van der Waals surface area contributed by atoms with Gasteiger partial charge < -0.3 is 15.0 Å². The van der Waals surface area contributed by atoms with Crippen LogP contribution in [-0.2, 0) is 6.54 Å². The van der Waals surface area contributed by atoms with E-state index in [9.17, 15) is 0 Å². The Hall–Kier alpha value is -3.12. The normalized spacial score (nSPS) is 12.4. The Morgan fingerprint density at radius 2 is 1.89 bits per heavy atom. The number of aromatic nitrogens is 4. The SMILES string of the molecule is CCC(C)NCc1nc2cc(Oc3ccc(-c4ccn[nH]4)cc3)ccc2[nH]1. The monoisotopic (exact) mass is 361 g/mol. The first kappa shape index (κ1) is 17.3. The fraction of sp³-hybridized carbons (Fsp3) is 0.238. The minimum absolute atomic E-state index is 0.474. The fourth-order valence-corrected chi connectivity index (χ4v) is 2.86. The zero-order valence-corrected chi connectivity index (χ0v) is 15.5. The molecule has 0 saturated carbocycles. The molecule has 27 heavy (non-hydrogen) atoms. The molecule has 0 radical (unpaired) electrons. The number of H-pyrrole nitrogens is 2. The van der Waals surface area contributed by atoms with Crippen molar-refractivity contribution in [3.05, 3.63) is 60.6 Å². The van der Waals surface area contributed by atoms with E-state index in [1.807, 2.05) is 48.5 Å². The van der Waals surface area contributed by atoms with Crippen molar-refractivity contribution in [3.63, 3.8) is 0 Å². The van der Waals surface area contributed by atoms with Crippen molar-refractivity contribution < 1.29 is 4.74 Å². The van der Waals surface area contributed by atoms with Gasteiger partial charge in [-0.25, -0.2) is 4.98 Å². The summed E-state index contributed by atoms with van der Waals surface area (Å²) in [6.45, 7) is 5.07. The Kier molecular flexibility index (Phi) is 4.89. The summed E-state index contributed by atoms with van der Waals surface area (Å²) < 4.78 is 5.99. The maximum atomic E-state index is 5.99. The maximum absolute atomic E-state index is 5.99. The van der Waals surface area contributed by atoms with Crippen LogP contribution in [0.2, 0.25) is 0 Å². The predicted molar refractivity (Wildman–Crippen MR) is 107 cm³/mol. The highest BCUT2D eigenvalue weighted by Crippen LogP contribution is 2.27. The molecule has 2 aromatic carbocycles. The van der Waals surface area contributed by atoms with Crippen LogP contribution in [0.5, 0.6) is 11.5 Å². The van der Waals surface area contributed by atoms with Gasteiger partial charge in [0.15, 0.2) is 0 Å². The van der Waals surface area contributed by atoms with Crippen molar-refractivity contribution in [2.75, 3.05) is 0 Å². The molecule has 0 amide bonds. The van der Waals surface area contributed by atoms with Crippen LogP contribution < -0.4 is 10.1 Å². The number of ether oxygens (including phenoxy) is 1. The molecule has 2 heterocycles. The van der Waals surface area contributed by atoms with Crippen LogP contribution >= 0.6 is 0 Å². The van der Waals surface area contributed by atoms with Gasteiger partial charge in [0.05, 0.1) is 23.3 Å². The van der Waals surface area contributed by atoms with Crippen LogP contribution in [0.1, 0.15) is 26.1 Å². The summed E-state index contributed by atoms with van der Waals surface area (Å²) in [5, 5.41) is 10.4. The summed E-state index contributed by atoms with van der Waals surface area (Å²) in [5.41, 5.74) is 3.97. The number of hydrogen-bond acceptors (Lipinski definition) is 4. The Labute approximate surface area is 158 Å². The lowest BCUT2D eigenvalue weighted by atomic mass is 10.1. The molecule has 6 heteroatoms. The van der Waals surface area contributed by atoms with E-state index in [2.05, 4.69) is 39.3 Å². The maximum Gasteiger partial charge on any atom is 0.129 e. The molecule has 4 rings (SSSR count). The number of rotatable bonds is 7. The van der Waals surface area contributed by atoms with Crippen molar-refractivity contribution in [1.29, 1.82) is 0 Å². The van der Waals surface area contributed by atoms with E-state index in [0.29, 0.717) is 6.04 Å². The third-order valence-electron chi connectivity index (χ3n) is 4.64. The first-order chi connectivity index (χ1) is 13.2. The van der Waals surface area contributed by atoms with Crippen molar-refractivity contribution >= 4 is 11.0 Å². The van der Waals surface area contributed by atoms with E-state index < -0.39 is 0 Å². The molecule has 1 unspecified atom stereocenters. The highest BCUT2D eigenvalue weighted by atomic mass is 16.5. The lowest BCUT2D eigenvalue weighted by molar-refractivity contribution is 0.483. The molecule has 1 atom stereocenters. The Morgan fingerprint density at radius 3 is 2.63 bits per heavy atom. The first-order valence-corrected chi connectivity index (χ1v) is 9.21. The summed E-state index contributed by atoms with van der Waals surface area (Å²) in [5.74, 6) is 2.49. The van der Waals surface area contributed by atoms with Crippen LogP contribution in [0.25, 0.3) is 22.3 Å². The summed E-state index contributed by atoms with van der Waals surface area (Å²) in [6, 6.07) is 16.2. The van der Waals surface area contributed by atoms with Crippen molar-refractivity contribution in [1.82, 2.24) is 25.5 Å². The van der Waals surface area contributed by atoms with E-state index in [0.717, 1.165) is 52.6 Å². The summed E-state index contributed by atoms with van der Waals surface area (Å²) in [4.78, 5) is 8.01. The highest BCUT2D eigenvalue weighted by Gasteiger charge is 2.07. The van der Waals surface area contributed by atoms with E-state index in [1.54, 1.807) is 6.20 Å². The molecule has 0 bridgehead atoms. The number of nitrogens with zero attached hydrogens (tertiary/aromatic N) is 2. The molecular weight excluding hydrogens is 338 g/mol.